The minimum atomic E-state index is -0.696. The third-order valence-electron chi connectivity index (χ3n) is 4.39. The molecular weight excluding hydrogens is 448 g/mol. The van der Waals surface area contributed by atoms with E-state index in [0.717, 1.165) is 5.56 Å². The van der Waals surface area contributed by atoms with Crippen LogP contribution in [0.3, 0.4) is 0 Å². The predicted molar refractivity (Wildman–Crippen MR) is 124 cm³/mol. The number of phenols is 1. The second-order valence-electron chi connectivity index (χ2n) is 6.52. The standard InChI is InChI=1S/C23H22N2O7S/c1-29-15-6-8-19(30-2)16(11-15)17-13-33-23(24-17)25-21(27)12-32-22(28)9-5-14-4-7-18(26)20(10-14)31-3/h4-11,13,26H,12H2,1-3H3,(H,24,25,27)/b9-5+. The first-order chi connectivity index (χ1) is 15.9. The molecule has 3 aromatic rings. The van der Waals surface area contributed by atoms with Crippen LogP contribution in [0.15, 0.2) is 47.9 Å². The molecule has 1 amide bonds. The van der Waals surface area contributed by atoms with E-state index in [-0.39, 0.29) is 11.5 Å². The van der Waals surface area contributed by atoms with Crippen LogP contribution < -0.4 is 19.5 Å². The summed E-state index contributed by atoms with van der Waals surface area (Å²) in [6.07, 6.45) is 2.66. The Morgan fingerprint density at radius 1 is 1.06 bits per heavy atom. The van der Waals surface area contributed by atoms with Crippen molar-refractivity contribution in [2.75, 3.05) is 33.3 Å². The van der Waals surface area contributed by atoms with Gasteiger partial charge in [0.2, 0.25) is 0 Å². The fraction of sp³-hybridized carbons (Fsp3) is 0.174. The summed E-state index contributed by atoms with van der Waals surface area (Å²) in [6.45, 7) is -0.473. The van der Waals surface area contributed by atoms with Crippen molar-refractivity contribution >= 4 is 34.4 Å². The first kappa shape index (κ1) is 23.6. The molecule has 2 N–H and O–H groups in total. The van der Waals surface area contributed by atoms with Crippen molar-refractivity contribution in [3.63, 3.8) is 0 Å². The highest BCUT2D eigenvalue weighted by molar-refractivity contribution is 7.14. The topological polar surface area (TPSA) is 116 Å². The molecule has 0 saturated heterocycles. The predicted octanol–water partition coefficient (Wildman–Crippen LogP) is 3.74. The number of rotatable bonds is 9. The molecule has 0 aliphatic rings. The number of aromatic nitrogens is 1. The lowest BCUT2D eigenvalue weighted by Gasteiger charge is -2.08. The summed E-state index contributed by atoms with van der Waals surface area (Å²) in [5.74, 6) is 0.309. The monoisotopic (exact) mass is 470 g/mol. The zero-order valence-electron chi connectivity index (χ0n) is 18.2. The van der Waals surface area contributed by atoms with Gasteiger partial charge in [-0.1, -0.05) is 6.07 Å². The molecule has 3 rings (SSSR count). The average Bonchev–Trinajstić information content (AvgIpc) is 3.29. The normalized spacial score (nSPS) is 10.6. The van der Waals surface area contributed by atoms with Crippen molar-refractivity contribution in [2.45, 2.75) is 0 Å². The summed E-state index contributed by atoms with van der Waals surface area (Å²) in [6, 6.07) is 9.94. The highest BCUT2D eigenvalue weighted by atomic mass is 32.1. The number of carbonyl (C=O) groups excluding carboxylic acids is 2. The fourth-order valence-corrected chi connectivity index (χ4v) is 3.50. The molecular formula is C23H22N2O7S. The van der Waals surface area contributed by atoms with Crippen molar-refractivity contribution in [2.24, 2.45) is 0 Å². The van der Waals surface area contributed by atoms with E-state index in [1.54, 1.807) is 49.9 Å². The molecule has 1 heterocycles. The maximum Gasteiger partial charge on any atom is 0.331 e. The number of carbonyl (C=O) groups is 2. The van der Waals surface area contributed by atoms with Gasteiger partial charge in [-0.3, -0.25) is 10.1 Å². The van der Waals surface area contributed by atoms with Crippen molar-refractivity contribution in [3.05, 3.63) is 53.4 Å². The number of esters is 1. The van der Waals surface area contributed by atoms with Crippen molar-refractivity contribution in [3.8, 4) is 34.3 Å². The van der Waals surface area contributed by atoms with Gasteiger partial charge in [-0.25, -0.2) is 9.78 Å². The molecule has 10 heteroatoms. The number of hydrogen-bond donors (Lipinski definition) is 2. The Hall–Kier alpha value is -4.05. The Balaban J connectivity index is 1.56. The Bertz CT molecular complexity index is 1170. The van der Waals surface area contributed by atoms with Gasteiger partial charge in [-0.05, 0) is 42.0 Å². The van der Waals surface area contributed by atoms with E-state index >= 15 is 0 Å². The van der Waals surface area contributed by atoms with E-state index in [1.807, 2.05) is 0 Å². The van der Waals surface area contributed by atoms with Gasteiger partial charge in [0.05, 0.1) is 27.0 Å². The van der Waals surface area contributed by atoms with E-state index in [1.165, 1.54) is 36.7 Å². The molecule has 0 bridgehead atoms. The smallest absolute Gasteiger partial charge is 0.331 e. The number of anilines is 1. The number of nitrogens with one attached hydrogen (secondary N) is 1. The van der Waals surface area contributed by atoms with Gasteiger partial charge in [-0.2, -0.15) is 0 Å². The van der Waals surface area contributed by atoms with Crippen LogP contribution in [0.25, 0.3) is 17.3 Å². The quantitative estimate of drug-likeness (QED) is 0.359. The van der Waals surface area contributed by atoms with Gasteiger partial charge in [0, 0.05) is 17.0 Å². The minimum Gasteiger partial charge on any atom is -0.504 e. The summed E-state index contributed by atoms with van der Waals surface area (Å²) in [5, 5.41) is 14.3. The van der Waals surface area contributed by atoms with E-state index in [0.29, 0.717) is 27.9 Å². The van der Waals surface area contributed by atoms with Gasteiger partial charge in [0.15, 0.2) is 23.2 Å². The third-order valence-corrected chi connectivity index (χ3v) is 5.15. The summed E-state index contributed by atoms with van der Waals surface area (Å²) in [4.78, 5) is 28.4. The molecule has 0 unspecified atom stereocenters. The number of phenolic OH excluding ortho intramolecular Hbond substituents is 1. The number of aromatic hydroxyl groups is 1. The zero-order chi connectivity index (χ0) is 23.8. The van der Waals surface area contributed by atoms with E-state index < -0.39 is 18.5 Å². The number of benzene rings is 2. The van der Waals surface area contributed by atoms with Gasteiger partial charge in [0.1, 0.15) is 11.5 Å². The van der Waals surface area contributed by atoms with E-state index in [4.69, 9.17) is 18.9 Å². The molecule has 0 aliphatic carbocycles. The molecule has 0 radical (unpaired) electrons. The van der Waals surface area contributed by atoms with E-state index in [2.05, 4.69) is 10.3 Å². The molecule has 0 spiro atoms. The number of thiazole rings is 1. The summed E-state index contributed by atoms with van der Waals surface area (Å²) >= 11 is 1.23. The first-order valence-corrected chi connectivity index (χ1v) is 10.5. The minimum absolute atomic E-state index is 0.0101. The SMILES string of the molecule is COc1ccc(OC)c(-c2csc(NC(=O)COC(=O)/C=C/c3ccc(O)c(OC)c3)n2)c1. The number of ether oxygens (including phenoxy) is 4. The van der Waals surface area contributed by atoms with Crippen LogP contribution >= 0.6 is 11.3 Å². The van der Waals surface area contributed by atoms with E-state index in [9.17, 15) is 14.7 Å². The zero-order valence-corrected chi connectivity index (χ0v) is 19.0. The summed E-state index contributed by atoms with van der Waals surface area (Å²) in [7, 11) is 4.55. The Morgan fingerprint density at radius 3 is 2.58 bits per heavy atom. The lowest BCUT2D eigenvalue weighted by molar-refractivity contribution is -0.142. The highest BCUT2D eigenvalue weighted by Crippen LogP contribution is 2.35. The molecule has 0 fully saturated rings. The van der Waals surface area contributed by atoms with Gasteiger partial charge >= 0.3 is 5.97 Å². The Kier molecular flexibility index (Phi) is 7.87. The second-order valence-corrected chi connectivity index (χ2v) is 7.38. The van der Waals surface area contributed by atoms with Crippen LogP contribution in [0, 0.1) is 0 Å². The Labute approximate surface area is 194 Å². The average molecular weight is 471 g/mol. The van der Waals surface area contributed by atoms with Crippen LogP contribution in [-0.2, 0) is 14.3 Å². The van der Waals surface area contributed by atoms with Crippen molar-refractivity contribution < 1.29 is 33.6 Å². The maximum atomic E-state index is 12.1. The molecule has 0 atom stereocenters. The molecule has 33 heavy (non-hydrogen) atoms. The maximum absolute atomic E-state index is 12.1. The number of nitrogens with zero attached hydrogens (tertiary/aromatic N) is 1. The molecule has 0 saturated carbocycles. The molecule has 2 aromatic carbocycles. The molecule has 9 nitrogen and oxygen atoms in total. The molecule has 0 aliphatic heterocycles. The molecule has 1 aromatic heterocycles. The van der Waals surface area contributed by atoms with Crippen molar-refractivity contribution in [1.82, 2.24) is 4.98 Å². The lowest BCUT2D eigenvalue weighted by Crippen LogP contribution is -2.20. The lowest BCUT2D eigenvalue weighted by atomic mass is 10.1. The van der Waals surface area contributed by atoms with Crippen LogP contribution in [0.4, 0.5) is 5.13 Å². The summed E-state index contributed by atoms with van der Waals surface area (Å²) < 4.78 is 20.6. The highest BCUT2D eigenvalue weighted by Gasteiger charge is 2.14. The number of hydrogen-bond acceptors (Lipinski definition) is 9. The number of methoxy groups -OCH3 is 3. The Morgan fingerprint density at radius 2 is 1.85 bits per heavy atom. The van der Waals surface area contributed by atoms with Crippen LogP contribution in [0.5, 0.6) is 23.0 Å². The number of amides is 1. The first-order valence-electron chi connectivity index (χ1n) is 9.63. The van der Waals surface area contributed by atoms with Crippen LogP contribution in [0.1, 0.15) is 5.56 Å². The van der Waals surface area contributed by atoms with Crippen molar-refractivity contribution in [1.29, 1.82) is 0 Å². The van der Waals surface area contributed by atoms with Gasteiger partial charge in [-0.15, -0.1) is 11.3 Å². The fourth-order valence-electron chi connectivity index (χ4n) is 2.77. The summed E-state index contributed by atoms with van der Waals surface area (Å²) in [5.41, 5.74) is 1.95. The van der Waals surface area contributed by atoms with Crippen LogP contribution in [0.2, 0.25) is 0 Å². The van der Waals surface area contributed by atoms with Gasteiger partial charge < -0.3 is 24.1 Å². The molecule has 172 valence electrons. The van der Waals surface area contributed by atoms with Crippen LogP contribution in [-0.4, -0.2) is 49.9 Å². The second kappa shape index (κ2) is 11.0. The largest absolute Gasteiger partial charge is 0.504 e. The third kappa shape index (κ3) is 6.23. The van der Waals surface area contributed by atoms with Gasteiger partial charge in [0.25, 0.3) is 5.91 Å².